The molecule has 34 heavy (non-hydrogen) atoms. The van der Waals surface area contributed by atoms with Crippen LogP contribution in [0.25, 0.3) is 0 Å². The maximum Gasteiger partial charge on any atom is 0.330 e. The van der Waals surface area contributed by atoms with Crippen molar-refractivity contribution < 1.29 is 17.9 Å². The number of pyridine rings is 1. The van der Waals surface area contributed by atoms with Crippen LogP contribution in [0.1, 0.15) is 66.8 Å². The Morgan fingerprint density at radius 1 is 1.21 bits per heavy atom. The zero-order valence-electron chi connectivity index (χ0n) is 19.8. The van der Waals surface area contributed by atoms with Crippen LogP contribution >= 0.6 is 11.6 Å². The number of carbonyl (C=O) groups excluding carboxylic acids is 1. The van der Waals surface area contributed by atoms with Crippen LogP contribution in [-0.2, 0) is 19.6 Å². The largest absolute Gasteiger partial charge is 0.463 e. The molecule has 6 nitrogen and oxygen atoms in total. The predicted octanol–water partition coefficient (Wildman–Crippen LogP) is 4.86. The molecule has 1 aliphatic heterocycles. The van der Waals surface area contributed by atoms with Crippen molar-refractivity contribution in [1.82, 2.24) is 9.29 Å². The Hall–Kier alpha value is -2.22. The number of hydrogen-bond acceptors (Lipinski definition) is 5. The van der Waals surface area contributed by atoms with Crippen LogP contribution in [0.4, 0.5) is 0 Å². The second-order valence-electron chi connectivity index (χ2n) is 9.15. The second kappa shape index (κ2) is 10.2. The number of fused-ring (bicyclic) bond motifs is 2. The van der Waals surface area contributed by atoms with Crippen LogP contribution in [0.2, 0.25) is 5.02 Å². The first kappa shape index (κ1) is 24.9. The SMILES string of the molecule is CCOC(=O)/C=C/C1c2cccnc2C(C2CCN(S(C)(=O)=O)CC2)c2ccc(Cl)cc2C1C. The minimum atomic E-state index is -3.20. The highest BCUT2D eigenvalue weighted by atomic mass is 35.5. The molecule has 2 aliphatic rings. The summed E-state index contributed by atoms with van der Waals surface area (Å²) < 4.78 is 30.8. The monoisotopic (exact) mass is 502 g/mol. The topological polar surface area (TPSA) is 76.6 Å². The number of benzene rings is 1. The van der Waals surface area contributed by atoms with E-state index < -0.39 is 10.0 Å². The summed E-state index contributed by atoms with van der Waals surface area (Å²) >= 11 is 6.44. The van der Waals surface area contributed by atoms with Crippen molar-refractivity contribution in [3.8, 4) is 0 Å². The molecule has 0 saturated carbocycles. The smallest absolute Gasteiger partial charge is 0.330 e. The summed E-state index contributed by atoms with van der Waals surface area (Å²) in [4.78, 5) is 17.0. The summed E-state index contributed by atoms with van der Waals surface area (Å²) in [6.07, 6.45) is 8.03. The summed E-state index contributed by atoms with van der Waals surface area (Å²) in [5.74, 6) is -0.115. The lowest BCUT2D eigenvalue weighted by atomic mass is 9.76. The van der Waals surface area contributed by atoms with E-state index in [1.54, 1.807) is 11.2 Å². The molecule has 0 amide bonds. The number of halogens is 1. The second-order valence-corrected chi connectivity index (χ2v) is 11.6. The number of esters is 1. The van der Waals surface area contributed by atoms with Gasteiger partial charge in [0, 0.05) is 42.2 Å². The minimum Gasteiger partial charge on any atom is -0.463 e. The van der Waals surface area contributed by atoms with Gasteiger partial charge in [-0.15, -0.1) is 0 Å². The molecule has 0 N–H and O–H groups in total. The lowest BCUT2D eigenvalue weighted by Gasteiger charge is -2.35. The Kier molecular flexibility index (Phi) is 7.45. The van der Waals surface area contributed by atoms with Crippen LogP contribution in [0.3, 0.4) is 0 Å². The fraction of sp³-hybridized carbons (Fsp3) is 0.462. The standard InChI is InChI=1S/C26H31ClN2O4S/c1-4-33-24(30)10-9-20-17(2)23-16-19(27)7-8-21(23)25(26-22(20)6-5-13-28-26)18-11-14-29(15-12-18)34(3,31)32/h5-10,13,16-18,20,25H,4,11-12,14-15H2,1-3H3/b10-9+. The van der Waals surface area contributed by atoms with Crippen LogP contribution in [0, 0.1) is 5.92 Å². The van der Waals surface area contributed by atoms with E-state index in [2.05, 4.69) is 19.1 Å². The van der Waals surface area contributed by atoms with E-state index in [0.717, 1.165) is 29.7 Å². The lowest BCUT2D eigenvalue weighted by Crippen LogP contribution is -2.39. The molecule has 1 aromatic heterocycles. The van der Waals surface area contributed by atoms with Gasteiger partial charge in [0.1, 0.15) is 0 Å². The van der Waals surface area contributed by atoms with Crippen LogP contribution in [0.5, 0.6) is 0 Å². The maximum atomic E-state index is 12.1. The van der Waals surface area contributed by atoms with Crippen molar-refractivity contribution in [2.24, 2.45) is 5.92 Å². The molecule has 1 aromatic carbocycles. The molecule has 1 saturated heterocycles. The molecular weight excluding hydrogens is 472 g/mol. The number of carbonyl (C=O) groups is 1. The van der Waals surface area contributed by atoms with Gasteiger partial charge in [0.05, 0.1) is 18.6 Å². The molecule has 8 heteroatoms. The number of hydrogen-bond donors (Lipinski definition) is 0. The van der Waals surface area contributed by atoms with Gasteiger partial charge in [-0.05, 0) is 66.5 Å². The zero-order valence-corrected chi connectivity index (χ0v) is 21.3. The van der Waals surface area contributed by atoms with Gasteiger partial charge in [-0.2, -0.15) is 0 Å². The number of aromatic nitrogens is 1. The van der Waals surface area contributed by atoms with Crippen molar-refractivity contribution in [2.75, 3.05) is 26.0 Å². The summed E-state index contributed by atoms with van der Waals surface area (Å²) in [7, 11) is -3.20. The van der Waals surface area contributed by atoms with Gasteiger partial charge in [0.15, 0.2) is 0 Å². The highest BCUT2D eigenvalue weighted by Crippen LogP contribution is 2.50. The van der Waals surface area contributed by atoms with E-state index in [0.29, 0.717) is 24.7 Å². The summed E-state index contributed by atoms with van der Waals surface area (Å²) in [5.41, 5.74) is 4.39. The fourth-order valence-electron chi connectivity index (χ4n) is 5.47. The number of piperidine rings is 1. The van der Waals surface area contributed by atoms with Gasteiger partial charge in [-0.1, -0.05) is 36.7 Å². The van der Waals surface area contributed by atoms with Crippen molar-refractivity contribution in [3.05, 3.63) is 76.1 Å². The zero-order chi connectivity index (χ0) is 24.5. The Bertz CT molecular complexity index is 1190. The molecule has 3 unspecified atom stereocenters. The number of nitrogens with zero attached hydrogens (tertiary/aromatic N) is 2. The minimum absolute atomic E-state index is 0.0219. The van der Waals surface area contributed by atoms with Gasteiger partial charge in [0.25, 0.3) is 0 Å². The average Bonchev–Trinajstić information content (AvgIpc) is 2.90. The number of allylic oxidation sites excluding steroid dienone is 1. The Labute approximate surface area is 207 Å². The van der Waals surface area contributed by atoms with Gasteiger partial charge in [-0.25, -0.2) is 17.5 Å². The molecule has 4 rings (SSSR count). The third-order valence-electron chi connectivity index (χ3n) is 7.10. The first-order chi connectivity index (χ1) is 16.2. The van der Waals surface area contributed by atoms with Crippen LogP contribution in [0.15, 0.2) is 48.7 Å². The van der Waals surface area contributed by atoms with Gasteiger partial charge >= 0.3 is 5.97 Å². The molecule has 1 aliphatic carbocycles. The first-order valence-electron chi connectivity index (χ1n) is 11.7. The average molecular weight is 503 g/mol. The summed E-state index contributed by atoms with van der Waals surface area (Å²) in [6, 6.07) is 10.1. The van der Waals surface area contributed by atoms with E-state index in [1.165, 1.54) is 17.9 Å². The first-order valence-corrected chi connectivity index (χ1v) is 14.0. The Morgan fingerprint density at radius 3 is 2.62 bits per heavy atom. The number of ether oxygens (including phenoxy) is 1. The molecular formula is C26H31ClN2O4S. The highest BCUT2D eigenvalue weighted by Gasteiger charge is 2.39. The fourth-order valence-corrected chi connectivity index (χ4v) is 6.52. The lowest BCUT2D eigenvalue weighted by molar-refractivity contribution is -0.137. The number of rotatable bonds is 5. The molecule has 1 fully saturated rings. The normalized spacial score (nSPS) is 23.8. The van der Waals surface area contributed by atoms with Gasteiger partial charge in [-0.3, -0.25) is 4.98 Å². The maximum absolute atomic E-state index is 12.1. The van der Waals surface area contributed by atoms with E-state index in [-0.39, 0.29) is 29.6 Å². The molecule has 2 heterocycles. The molecule has 0 spiro atoms. The molecule has 182 valence electrons. The van der Waals surface area contributed by atoms with Gasteiger partial charge in [0.2, 0.25) is 10.0 Å². The Morgan fingerprint density at radius 2 is 1.94 bits per heavy atom. The van der Waals surface area contributed by atoms with Crippen LogP contribution in [-0.4, -0.2) is 49.6 Å². The van der Waals surface area contributed by atoms with Crippen molar-refractivity contribution in [2.45, 2.75) is 44.4 Å². The highest BCUT2D eigenvalue weighted by molar-refractivity contribution is 7.88. The van der Waals surface area contributed by atoms with Gasteiger partial charge < -0.3 is 4.74 Å². The third-order valence-corrected chi connectivity index (χ3v) is 8.64. The number of sulfonamides is 1. The molecule has 0 radical (unpaired) electrons. The van der Waals surface area contributed by atoms with E-state index in [9.17, 15) is 13.2 Å². The van der Waals surface area contributed by atoms with E-state index in [4.69, 9.17) is 21.3 Å². The summed E-state index contributed by atoms with van der Waals surface area (Å²) in [5, 5.41) is 0.670. The van der Waals surface area contributed by atoms with E-state index >= 15 is 0 Å². The quantitative estimate of drug-likeness (QED) is 0.431. The van der Waals surface area contributed by atoms with Crippen LogP contribution < -0.4 is 0 Å². The van der Waals surface area contributed by atoms with Crippen molar-refractivity contribution in [3.63, 3.8) is 0 Å². The predicted molar refractivity (Wildman–Crippen MR) is 134 cm³/mol. The summed E-state index contributed by atoms with van der Waals surface area (Å²) in [6.45, 7) is 5.28. The van der Waals surface area contributed by atoms with Crippen molar-refractivity contribution in [1.29, 1.82) is 0 Å². The van der Waals surface area contributed by atoms with Crippen molar-refractivity contribution >= 4 is 27.6 Å². The molecule has 2 aromatic rings. The Balaban J connectivity index is 1.81. The third kappa shape index (κ3) is 5.07. The van der Waals surface area contributed by atoms with E-state index in [1.807, 2.05) is 30.5 Å². The molecule has 3 atom stereocenters. The molecule has 0 bridgehead atoms.